The molecule has 7 heteroatoms. The summed E-state index contributed by atoms with van der Waals surface area (Å²) in [5, 5.41) is 11.9. The molecule has 0 spiro atoms. The van der Waals surface area contributed by atoms with E-state index in [4.69, 9.17) is 5.26 Å². The Hall–Kier alpha value is -3.79. The summed E-state index contributed by atoms with van der Waals surface area (Å²) in [6.45, 7) is 0.390. The summed E-state index contributed by atoms with van der Waals surface area (Å²) in [7, 11) is 0. The van der Waals surface area contributed by atoms with Gasteiger partial charge in [0.05, 0.1) is 17.2 Å². The maximum atomic E-state index is 12.4. The number of hydrogen-bond donors (Lipinski definition) is 2. The number of carbonyl (C=O) groups is 1. The topological polar surface area (TPSA) is 112 Å². The van der Waals surface area contributed by atoms with Crippen molar-refractivity contribution in [2.75, 3.05) is 5.32 Å². The van der Waals surface area contributed by atoms with Gasteiger partial charge in [-0.1, -0.05) is 12.1 Å². The first-order valence-electron chi connectivity index (χ1n) is 7.44. The van der Waals surface area contributed by atoms with E-state index < -0.39 is 0 Å². The summed E-state index contributed by atoms with van der Waals surface area (Å²) in [6, 6.07) is 11.7. The van der Waals surface area contributed by atoms with Gasteiger partial charge in [-0.3, -0.25) is 9.59 Å². The standard InChI is InChI=1S/C18H13N5O2/c19-8-12-2-1-3-14(6-12)17(25)15-10-22-18(23-11-15)21-9-13-4-5-20-16(24)7-13/h1-7,10-11H,9H2,(H,20,24)(H,21,22,23). The number of hydrogen-bond acceptors (Lipinski definition) is 6. The monoisotopic (exact) mass is 331 g/mol. The summed E-state index contributed by atoms with van der Waals surface area (Å²) >= 11 is 0. The number of aromatic nitrogens is 3. The van der Waals surface area contributed by atoms with Crippen LogP contribution in [0.3, 0.4) is 0 Å². The van der Waals surface area contributed by atoms with Gasteiger partial charge in [0, 0.05) is 36.8 Å². The molecule has 0 fully saturated rings. The molecule has 3 rings (SSSR count). The quantitative estimate of drug-likeness (QED) is 0.690. The van der Waals surface area contributed by atoms with Crippen molar-refractivity contribution in [3.8, 4) is 6.07 Å². The Labute approximate surface area is 143 Å². The lowest BCUT2D eigenvalue weighted by Crippen LogP contribution is -2.09. The summed E-state index contributed by atoms with van der Waals surface area (Å²) in [4.78, 5) is 34.4. The summed E-state index contributed by atoms with van der Waals surface area (Å²) in [5.74, 6) is 0.0980. The second-order valence-corrected chi connectivity index (χ2v) is 5.23. The third kappa shape index (κ3) is 3.95. The van der Waals surface area contributed by atoms with E-state index in [-0.39, 0.29) is 11.3 Å². The maximum Gasteiger partial charge on any atom is 0.248 e. The molecule has 0 aliphatic heterocycles. The highest BCUT2D eigenvalue weighted by Crippen LogP contribution is 2.11. The minimum absolute atomic E-state index is 0.180. The van der Waals surface area contributed by atoms with Crippen LogP contribution in [-0.2, 0) is 6.54 Å². The van der Waals surface area contributed by atoms with Gasteiger partial charge in [0.2, 0.25) is 11.5 Å². The van der Waals surface area contributed by atoms with E-state index in [1.165, 1.54) is 24.5 Å². The predicted octanol–water partition coefficient (Wildman–Crippen LogP) is 1.88. The number of aromatic amines is 1. The molecular formula is C18H13N5O2. The van der Waals surface area contributed by atoms with Crippen LogP contribution in [0.15, 0.2) is 59.8 Å². The van der Waals surface area contributed by atoms with Crippen molar-refractivity contribution in [3.63, 3.8) is 0 Å². The van der Waals surface area contributed by atoms with Crippen LogP contribution in [0.5, 0.6) is 0 Å². The zero-order valence-electron chi connectivity index (χ0n) is 13.1. The van der Waals surface area contributed by atoms with Crippen LogP contribution < -0.4 is 10.9 Å². The second-order valence-electron chi connectivity index (χ2n) is 5.23. The maximum absolute atomic E-state index is 12.4. The van der Waals surface area contributed by atoms with Gasteiger partial charge in [-0.15, -0.1) is 0 Å². The van der Waals surface area contributed by atoms with Gasteiger partial charge >= 0.3 is 0 Å². The molecule has 2 N–H and O–H groups in total. The molecule has 0 aliphatic rings. The van der Waals surface area contributed by atoms with E-state index in [2.05, 4.69) is 20.3 Å². The molecule has 0 amide bonds. The van der Waals surface area contributed by atoms with Crippen LogP contribution in [0.1, 0.15) is 27.0 Å². The SMILES string of the molecule is N#Cc1cccc(C(=O)c2cnc(NCc3cc[nH]c(=O)c3)nc2)c1. The Morgan fingerprint density at radius 2 is 1.96 bits per heavy atom. The Morgan fingerprint density at radius 1 is 1.16 bits per heavy atom. The number of anilines is 1. The number of benzene rings is 1. The number of rotatable bonds is 5. The number of pyridine rings is 1. The zero-order chi connectivity index (χ0) is 17.6. The fraction of sp³-hybridized carbons (Fsp3) is 0.0556. The summed E-state index contributed by atoms with van der Waals surface area (Å²) in [6.07, 6.45) is 4.42. The predicted molar refractivity (Wildman–Crippen MR) is 91.0 cm³/mol. The molecule has 0 radical (unpaired) electrons. The van der Waals surface area contributed by atoms with E-state index >= 15 is 0 Å². The molecule has 7 nitrogen and oxygen atoms in total. The Balaban J connectivity index is 1.70. The molecule has 0 saturated heterocycles. The molecule has 0 atom stereocenters. The molecule has 2 aromatic heterocycles. The van der Waals surface area contributed by atoms with Crippen molar-refractivity contribution in [2.45, 2.75) is 6.54 Å². The molecule has 3 aromatic rings. The van der Waals surface area contributed by atoms with Gasteiger partial charge in [0.25, 0.3) is 0 Å². The van der Waals surface area contributed by atoms with E-state index in [9.17, 15) is 9.59 Å². The van der Waals surface area contributed by atoms with Gasteiger partial charge in [0.15, 0.2) is 5.78 Å². The fourth-order valence-corrected chi connectivity index (χ4v) is 2.21. The second kappa shape index (κ2) is 7.19. The molecule has 25 heavy (non-hydrogen) atoms. The molecule has 0 saturated carbocycles. The van der Waals surface area contributed by atoms with E-state index in [0.717, 1.165) is 5.56 Å². The first-order chi connectivity index (χ1) is 12.2. The van der Waals surface area contributed by atoms with Crippen LogP contribution in [0.4, 0.5) is 5.95 Å². The van der Waals surface area contributed by atoms with Crippen molar-refractivity contribution < 1.29 is 4.79 Å². The lowest BCUT2D eigenvalue weighted by molar-refractivity contribution is 0.103. The van der Waals surface area contributed by atoms with Crippen LogP contribution >= 0.6 is 0 Å². The van der Waals surface area contributed by atoms with E-state index in [0.29, 0.717) is 29.2 Å². The minimum atomic E-state index is -0.252. The Morgan fingerprint density at radius 3 is 2.68 bits per heavy atom. The highest BCUT2D eigenvalue weighted by Gasteiger charge is 2.11. The van der Waals surface area contributed by atoms with Gasteiger partial charge in [-0.25, -0.2) is 9.97 Å². The Kier molecular flexibility index (Phi) is 4.62. The molecule has 1 aromatic carbocycles. The molecule has 0 bridgehead atoms. The first kappa shape index (κ1) is 16.1. The van der Waals surface area contributed by atoms with Gasteiger partial charge < -0.3 is 10.3 Å². The summed E-state index contributed by atoms with van der Waals surface area (Å²) in [5.41, 5.74) is 1.77. The minimum Gasteiger partial charge on any atom is -0.350 e. The number of nitrogens with one attached hydrogen (secondary N) is 2. The number of carbonyl (C=O) groups excluding carboxylic acids is 1. The molecular weight excluding hydrogens is 318 g/mol. The first-order valence-corrected chi connectivity index (χ1v) is 7.44. The molecule has 0 unspecified atom stereocenters. The van der Waals surface area contributed by atoms with Gasteiger partial charge in [-0.05, 0) is 23.8 Å². The van der Waals surface area contributed by atoms with E-state index in [1.807, 2.05) is 6.07 Å². The van der Waals surface area contributed by atoms with Gasteiger partial charge in [0.1, 0.15) is 0 Å². The normalized spacial score (nSPS) is 10.0. The highest BCUT2D eigenvalue weighted by molar-refractivity contribution is 6.08. The third-order valence-corrected chi connectivity index (χ3v) is 3.46. The number of H-pyrrole nitrogens is 1. The van der Waals surface area contributed by atoms with Crippen molar-refractivity contribution >= 4 is 11.7 Å². The smallest absolute Gasteiger partial charge is 0.248 e. The van der Waals surface area contributed by atoms with Crippen LogP contribution in [-0.4, -0.2) is 20.7 Å². The zero-order valence-corrected chi connectivity index (χ0v) is 13.1. The largest absolute Gasteiger partial charge is 0.350 e. The lowest BCUT2D eigenvalue weighted by atomic mass is 10.0. The van der Waals surface area contributed by atoms with Gasteiger partial charge in [-0.2, -0.15) is 5.26 Å². The fourth-order valence-electron chi connectivity index (χ4n) is 2.21. The summed E-state index contributed by atoms with van der Waals surface area (Å²) < 4.78 is 0. The van der Waals surface area contributed by atoms with Crippen molar-refractivity contribution in [1.29, 1.82) is 5.26 Å². The number of ketones is 1. The van der Waals surface area contributed by atoms with Crippen molar-refractivity contribution in [2.24, 2.45) is 0 Å². The van der Waals surface area contributed by atoms with Crippen LogP contribution in [0, 0.1) is 11.3 Å². The lowest BCUT2D eigenvalue weighted by Gasteiger charge is -2.05. The van der Waals surface area contributed by atoms with Crippen LogP contribution in [0.2, 0.25) is 0 Å². The highest BCUT2D eigenvalue weighted by atomic mass is 16.1. The number of nitriles is 1. The van der Waals surface area contributed by atoms with Crippen LogP contribution in [0.25, 0.3) is 0 Å². The average Bonchev–Trinajstić information content (AvgIpc) is 2.66. The Bertz CT molecular complexity index is 1000. The van der Waals surface area contributed by atoms with Crippen molar-refractivity contribution in [1.82, 2.24) is 15.0 Å². The third-order valence-electron chi connectivity index (χ3n) is 3.46. The molecule has 0 aliphatic carbocycles. The van der Waals surface area contributed by atoms with E-state index in [1.54, 1.807) is 30.5 Å². The number of nitrogens with zero attached hydrogens (tertiary/aromatic N) is 3. The van der Waals surface area contributed by atoms with Crippen molar-refractivity contribution in [3.05, 3.63) is 87.6 Å². The molecule has 122 valence electrons. The average molecular weight is 331 g/mol. The molecule has 2 heterocycles.